The Morgan fingerprint density at radius 3 is 2.75 bits per heavy atom. The second-order valence-electron chi connectivity index (χ2n) is 5.74. The third-order valence-electron chi connectivity index (χ3n) is 4.55. The predicted molar refractivity (Wildman–Crippen MR) is 73.4 cm³/mol. The number of likely N-dealkylation sites (tertiary alicyclic amines) is 1. The van der Waals surface area contributed by atoms with Crippen LogP contribution in [0, 0.1) is 5.92 Å². The lowest BCUT2D eigenvalue weighted by Gasteiger charge is -2.33. The van der Waals surface area contributed by atoms with Crippen molar-refractivity contribution in [1.82, 2.24) is 10.2 Å². The third-order valence-corrected chi connectivity index (χ3v) is 4.55. The van der Waals surface area contributed by atoms with Crippen molar-refractivity contribution >= 4 is 11.9 Å². The maximum absolute atomic E-state index is 12.6. The van der Waals surface area contributed by atoms with Crippen molar-refractivity contribution in [2.75, 3.05) is 20.2 Å². The molecule has 0 saturated carbocycles. The highest BCUT2D eigenvalue weighted by molar-refractivity contribution is 5.87. The maximum Gasteiger partial charge on any atom is 0.326 e. The van der Waals surface area contributed by atoms with E-state index in [-0.39, 0.29) is 18.1 Å². The molecule has 2 N–H and O–H groups in total. The van der Waals surface area contributed by atoms with E-state index in [4.69, 9.17) is 4.74 Å². The average molecular weight is 284 g/mol. The Kier molecular flexibility index (Phi) is 4.99. The van der Waals surface area contributed by atoms with Crippen molar-refractivity contribution in [3.63, 3.8) is 0 Å². The molecule has 0 aliphatic carbocycles. The number of carboxylic acids is 1. The standard InChI is InChI=1S/C14H24N2O4/c1-3-9-4-5-15-11(6-9)13(17)16-8-10(20-2)7-12(16)14(18)19/h9-12,15H,3-8H2,1-2H3,(H,18,19). The molecule has 2 aliphatic rings. The van der Waals surface area contributed by atoms with Gasteiger partial charge in [0.15, 0.2) is 0 Å². The first-order chi connectivity index (χ1) is 9.56. The summed E-state index contributed by atoms with van der Waals surface area (Å²) in [6, 6.07) is -0.998. The molecule has 2 rings (SSSR count). The highest BCUT2D eigenvalue weighted by Crippen LogP contribution is 2.25. The van der Waals surface area contributed by atoms with E-state index in [0.717, 1.165) is 25.8 Å². The minimum absolute atomic E-state index is 0.0879. The fourth-order valence-electron chi connectivity index (χ4n) is 3.20. The first-order valence-corrected chi connectivity index (χ1v) is 7.36. The van der Waals surface area contributed by atoms with Crippen molar-refractivity contribution in [1.29, 1.82) is 0 Å². The lowest BCUT2D eigenvalue weighted by atomic mass is 9.90. The van der Waals surface area contributed by atoms with E-state index in [1.165, 1.54) is 4.90 Å². The number of hydrogen-bond donors (Lipinski definition) is 2. The van der Waals surface area contributed by atoms with Gasteiger partial charge in [0.1, 0.15) is 6.04 Å². The molecular weight excluding hydrogens is 260 g/mol. The Morgan fingerprint density at radius 1 is 1.40 bits per heavy atom. The second-order valence-corrected chi connectivity index (χ2v) is 5.74. The molecule has 0 bridgehead atoms. The Hall–Kier alpha value is -1.14. The van der Waals surface area contributed by atoms with Gasteiger partial charge in [0.05, 0.1) is 12.1 Å². The van der Waals surface area contributed by atoms with E-state index in [0.29, 0.717) is 18.9 Å². The van der Waals surface area contributed by atoms with Crippen molar-refractivity contribution in [2.24, 2.45) is 5.92 Å². The molecule has 2 aliphatic heterocycles. The van der Waals surface area contributed by atoms with Crippen molar-refractivity contribution in [2.45, 2.75) is 50.8 Å². The highest BCUT2D eigenvalue weighted by Gasteiger charge is 2.42. The number of carbonyl (C=O) groups is 2. The molecule has 20 heavy (non-hydrogen) atoms. The minimum Gasteiger partial charge on any atom is -0.480 e. The van der Waals surface area contributed by atoms with Crippen LogP contribution in [0.5, 0.6) is 0 Å². The van der Waals surface area contributed by atoms with Gasteiger partial charge in [-0.2, -0.15) is 0 Å². The fraction of sp³-hybridized carbons (Fsp3) is 0.857. The number of rotatable bonds is 4. The Balaban J connectivity index is 2.04. The first-order valence-electron chi connectivity index (χ1n) is 7.36. The summed E-state index contributed by atoms with van der Waals surface area (Å²) in [4.78, 5) is 25.4. The molecule has 6 nitrogen and oxygen atoms in total. The van der Waals surface area contributed by atoms with Gasteiger partial charge in [-0.25, -0.2) is 4.79 Å². The normalized spacial score (nSPS) is 34.2. The van der Waals surface area contributed by atoms with Gasteiger partial charge in [0, 0.05) is 20.1 Å². The monoisotopic (exact) mass is 284 g/mol. The van der Waals surface area contributed by atoms with Crippen LogP contribution in [0.25, 0.3) is 0 Å². The van der Waals surface area contributed by atoms with Gasteiger partial charge in [-0.3, -0.25) is 4.79 Å². The summed E-state index contributed by atoms with van der Waals surface area (Å²) in [6.45, 7) is 3.34. The topological polar surface area (TPSA) is 78.9 Å². The number of aliphatic carboxylic acids is 1. The molecule has 0 radical (unpaired) electrons. The number of nitrogens with one attached hydrogen (secondary N) is 1. The first kappa shape index (κ1) is 15.3. The van der Waals surface area contributed by atoms with Crippen LogP contribution in [0.15, 0.2) is 0 Å². The number of carboxylic acid groups (broad SMARTS) is 1. The van der Waals surface area contributed by atoms with Gasteiger partial charge in [-0.05, 0) is 25.3 Å². The number of nitrogens with zero attached hydrogens (tertiary/aromatic N) is 1. The average Bonchev–Trinajstić information content (AvgIpc) is 2.91. The summed E-state index contributed by atoms with van der Waals surface area (Å²) in [5.41, 5.74) is 0. The van der Waals surface area contributed by atoms with E-state index in [9.17, 15) is 14.7 Å². The van der Waals surface area contributed by atoms with Gasteiger partial charge in [-0.15, -0.1) is 0 Å². The number of hydrogen-bond acceptors (Lipinski definition) is 4. The van der Waals surface area contributed by atoms with E-state index in [1.54, 1.807) is 7.11 Å². The number of piperidine rings is 1. The zero-order chi connectivity index (χ0) is 14.7. The van der Waals surface area contributed by atoms with Crippen LogP contribution in [0.2, 0.25) is 0 Å². The van der Waals surface area contributed by atoms with E-state index < -0.39 is 12.0 Å². The van der Waals surface area contributed by atoms with Gasteiger partial charge >= 0.3 is 5.97 Å². The van der Waals surface area contributed by atoms with Crippen LogP contribution < -0.4 is 5.32 Å². The smallest absolute Gasteiger partial charge is 0.326 e. The molecule has 6 heteroatoms. The predicted octanol–water partition coefficient (Wildman–Crippen LogP) is 0.465. The molecule has 114 valence electrons. The lowest BCUT2D eigenvalue weighted by molar-refractivity contribution is -0.149. The van der Waals surface area contributed by atoms with Gasteiger partial charge in [-0.1, -0.05) is 13.3 Å². The van der Waals surface area contributed by atoms with Crippen LogP contribution in [-0.2, 0) is 14.3 Å². The summed E-state index contributed by atoms with van der Waals surface area (Å²) in [5.74, 6) is -0.481. The fourth-order valence-corrected chi connectivity index (χ4v) is 3.20. The Bertz CT molecular complexity index is 374. The minimum atomic E-state index is -0.944. The third kappa shape index (κ3) is 3.12. The van der Waals surface area contributed by atoms with Crippen molar-refractivity contribution in [3.05, 3.63) is 0 Å². The molecule has 0 spiro atoms. The van der Waals surface area contributed by atoms with E-state index in [1.807, 2.05) is 0 Å². The lowest BCUT2D eigenvalue weighted by Crippen LogP contribution is -2.53. The molecule has 0 aromatic rings. The molecule has 2 heterocycles. The number of methoxy groups -OCH3 is 1. The highest BCUT2D eigenvalue weighted by atomic mass is 16.5. The quantitative estimate of drug-likeness (QED) is 0.784. The SMILES string of the molecule is CCC1CCNC(C(=O)N2CC(OC)CC2C(=O)O)C1. The summed E-state index contributed by atoms with van der Waals surface area (Å²) in [5, 5.41) is 12.5. The molecule has 0 aromatic heterocycles. The maximum atomic E-state index is 12.6. The van der Waals surface area contributed by atoms with Crippen LogP contribution >= 0.6 is 0 Å². The molecular formula is C14H24N2O4. The van der Waals surface area contributed by atoms with Crippen molar-refractivity contribution < 1.29 is 19.4 Å². The molecule has 0 aromatic carbocycles. The summed E-state index contributed by atoms with van der Waals surface area (Å²) in [7, 11) is 1.56. The molecule has 4 unspecified atom stereocenters. The summed E-state index contributed by atoms with van der Waals surface area (Å²) < 4.78 is 5.22. The Morgan fingerprint density at radius 2 is 2.15 bits per heavy atom. The molecule has 2 fully saturated rings. The molecule has 1 amide bonds. The van der Waals surface area contributed by atoms with E-state index >= 15 is 0 Å². The van der Waals surface area contributed by atoms with Crippen LogP contribution in [0.4, 0.5) is 0 Å². The number of amides is 1. The second kappa shape index (κ2) is 6.54. The molecule has 2 saturated heterocycles. The molecule has 4 atom stereocenters. The summed E-state index contributed by atoms with van der Waals surface area (Å²) in [6.07, 6.45) is 3.15. The Labute approximate surface area is 119 Å². The van der Waals surface area contributed by atoms with Crippen molar-refractivity contribution in [3.8, 4) is 0 Å². The van der Waals surface area contributed by atoms with Gasteiger partial charge in [0.25, 0.3) is 0 Å². The number of ether oxygens (including phenoxy) is 1. The number of carbonyl (C=O) groups excluding carboxylic acids is 1. The van der Waals surface area contributed by atoms with E-state index in [2.05, 4.69) is 12.2 Å². The van der Waals surface area contributed by atoms with Gasteiger partial charge < -0.3 is 20.1 Å². The van der Waals surface area contributed by atoms with Crippen LogP contribution in [0.1, 0.15) is 32.6 Å². The summed E-state index contributed by atoms with van der Waals surface area (Å²) >= 11 is 0. The zero-order valence-electron chi connectivity index (χ0n) is 12.2. The van der Waals surface area contributed by atoms with Crippen LogP contribution in [0.3, 0.4) is 0 Å². The van der Waals surface area contributed by atoms with Crippen LogP contribution in [-0.4, -0.2) is 60.3 Å². The zero-order valence-corrected chi connectivity index (χ0v) is 12.2. The van der Waals surface area contributed by atoms with Gasteiger partial charge in [0.2, 0.25) is 5.91 Å². The largest absolute Gasteiger partial charge is 0.480 e.